The third kappa shape index (κ3) is 3.51. The van der Waals surface area contributed by atoms with Crippen molar-refractivity contribution in [2.45, 2.75) is 0 Å². The molecule has 0 saturated carbocycles. The fourth-order valence-electron chi connectivity index (χ4n) is 1.93. The molecule has 0 bridgehead atoms. The number of para-hydroxylation sites is 3. The van der Waals surface area contributed by atoms with E-state index < -0.39 is 0 Å². The van der Waals surface area contributed by atoms with Crippen LogP contribution in [0.2, 0.25) is 0 Å². The summed E-state index contributed by atoms with van der Waals surface area (Å²) in [5, 5.41) is 2.86. The lowest BCUT2D eigenvalue weighted by molar-refractivity contribution is -0.114. The van der Waals surface area contributed by atoms with Crippen LogP contribution in [0.15, 0.2) is 54.6 Å². The second-order valence-corrected chi connectivity index (χ2v) is 4.44. The molecule has 4 nitrogen and oxygen atoms in total. The number of benzene rings is 2. The first kappa shape index (κ1) is 13.9. The highest BCUT2D eigenvalue weighted by atomic mass is 16.5. The third-order valence-corrected chi connectivity index (χ3v) is 2.96. The van der Waals surface area contributed by atoms with E-state index in [4.69, 9.17) is 4.74 Å². The van der Waals surface area contributed by atoms with Gasteiger partial charge in [-0.05, 0) is 24.3 Å². The lowest BCUT2D eigenvalue weighted by Gasteiger charge is -2.19. The number of nitrogens with one attached hydrogen (secondary N) is 1. The highest BCUT2D eigenvalue weighted by molar-refractivity contribution is 5.95. The Morgan fingerprint density at radius 3 is 2.45 bits per heavy atom. The van der Waals surface area contributed by atoms with Gasteiger partial charge in [0, 0.05) is 12.7 Å². The maximum atomic E-state index is 12.1. The quantitative estimate of drug-likeness (QED) is 0.908. The number of anilines is 2. The molecule has 1 N–H and O–H groups in total. The van der Waals surface area contributed by atoms with Crippen LogP contribution in [0.1, 0.15) is 0 Å². The van der Waals surface area contributed by atoms with E-state index in [2.05, 4.69) is 5.32 Å². The van der Waals surface area contributed by atoms with Crippen LogP contribution in [0, 0.1) is 0 Å². The lowest BCUT2D eigenvalue weighted by atomic mass is 10.2. The standard InChI is InChI=1S/C16H18N2O2/c1-18(13-8-4-3-5-9-13)12-16(19)17-14-10-6-7-11-15(14)20-2/h3-11H,12H2,1-2H3,(H,17,19). The van der Waals surface area contributed by atoms with Crippen molar-refractivity contribution in [2.24, 2.45) is 0 Å². The van der Waals surface area contributed by atoms with E-state index in [0.29, 0.717) is 11.4 Å². The summed E-state index contributed by atoms with van der Waals surface area (Å²) in [6.45, 7) is 0.280. The van der Waals surface area contributed by atoms with Gasteiger partial charge in [-0.25, -0.2) is 0 Å². The van der Waals surface area contributed by atoms with Gasteiger partial charge in [-0.15, -0.1) is 0 Å². The minimum absolute atomic E-state index is 0.0825. The van der Waals surface area contributed by atoms with Crippen LogP contribution >= 0.6 is 0 Å². The molecule has 0 atom stereocenters. The number of carbonyl (C=O) groups is 1. The van der Waals surface area contributed by atoms with Gasteiger partial charge in [0.2, 0.25) is 5.91 Å². The molecule has 1 amide bonds. The van der Waals surface area contributed by atoms with Crippen molar-refractivity contribution >= 4 is 17.3 Å². The third-order valence-electron chi connectivity index (χ3n) is 2.96. The zero-order valence-corrected chi connectivity index (χ0v) is 11.7. The zero-order chi connectivity index (χ0) is 14.4. The smallest absolute Gasteiger partial charge is 0.243 e. The largest absolute Gasteiger partial charge is 0.495 e. The van der Waals surface area contributed by atoms with Gasteiger partial charge in [0.05, 0.1) is 19.3 Å². The molecule has 20 heavy (non-hydrogen) atoms. The van der Waals surface area contributed by atoms with Gasteiger partial charge in [-0.2, -0.15) is 0 Å². The van der Waals surface area contributed by atoms with Crippen molar-refractivity contribution in [1.82, 2.24) is 0 Å². The Kier molecular flexibility index (Phi) is 4.60. The molecule has 0 radical (unpaired) electrons. The number of amides is 1. The first-order chi connectivity index (χ1) is 9.70. The van der Waals surface area contributed by atoms with Crippen molar-refractivity contribution in [1.29, 1.82) is 0 Å². The summed E-state index contributed by atoms with van der Waals surface area (Å²) < 4.78 is 5.21. The van der Waals surface area contributed by atoms with Gasteiger partial charge in [-0.3, -0.25) is 4.79 Å². The number of hydrogen-bond acceptors (Lipinski definition) is 3. The number of likely N-dealkylation sites (N-methyl/N-ethyl adjacent to an activating group) is 1. The van der Waals surface area contributed by atoms with Crippen molar-refractivity contribution in [3.8, 4) is 5.75 Å². The Morgan fingerprint density at radius 2 is 1.75 bits per heavy atom. The molecule has 0 saturated heterocycles. The Hall–Kier alpha value is -2.49. The maximum Gasteiger partial charge on any atom is 0.243 e. The van der Waals surface area contributed by atoms with Crippen LogP contribution in [0.3, 0.4) is 0 Å². The SMILES string of the molecule is COc1ccccc1NC(=O)CN(C)c1ccccc1. The molecular weight excluding hydrogens is 252 g/mol. The highest BCUT2D eigenvalue weighted by Gasteiger charge is 2.09. The van der Waals surface area contributed by atoms with E-state index in [0.717, 1.165) is 5.69 Å². The van der Waals surface area contributed by atoms with Crippen molar-refractivity contribution < 1.29 is 9.53 Å². The molecule has 0 unspecified atom stereocenters. The first-order valence-corrected chi connectivity index (χ1v) is 6.40. The van der Waals surface area contributed by atoms with Gasteiger partial charge in [0.15, 0.2) is 0 Å². The Balaban J connectivity index is 1.99. The highest BCUT2D eigenvalue weighted by Crippen LogP contribution is 2.23. The molecule has 0 aliphatic heterocycles. The van der Waals surface area contributed by atoms with Crippen LogP contribution in [0.25, 0.3) is 0 Å². The van der Waals surface area contributed by atoms with E-state index in [1.165, 1.54) is 0 Å². The van der Waals surface area contributed by atoms with Gasteiger partial charge in [0.25, 0.3) is 0 Å². The molecule has 2 aromatic rings. The molecule has 0 aromatic heterocycles. The van der Waals surface area contributed by atoms with Crippen LogP contribution in [0.5, 0.6) is 5.75 Å². The maximum absolute atomic E-state index is 12.1. The number of methoxy groups -OCH3 is 1. The van der Waals surface area contributed by atoms with Gasteiger partial charge >= 0.3 is 0 Å². The summed E-state index contributed by atoms with van der Waals surface area (Å²) in [6, 6.07) is 17.1. The van der Waals surface area contributed by atoms with E-state index >= 15 is 0 Å². The Labute approximate surface area is 119 Å². The number of carbonyl (C=O) groups excluding carboxylic acids is 1. The summed E-state index contributed by atoms with van der Waals surface area (Å²) in [4.78, 5) is 13.9. The van der Waals surface area contributed by atoms with E-state index in [1.807, 2.05) is 66.5 Å². The fraction of sp³-hybridized carbons (Fsp3) is 0.188. The summed E-state index contributed by atoms with van der Waals surface area (Å²) in [6.07, 6.45) is 0. The molecule has 0 aliphatic carbocycles. The molecule has 2 rings (SSSR count). The van der Waals surface area contributed by atoms with Crippen LogP contribution in [-0.4, -0.2) is 26.6 Å². The monoisotopic (exact) mass is 270 g/mol. The van der Waals surface area contributed by atoms with E-state index in [-0.39, 0.29) is 12.5 Å². The average molecular weight is 270 g/mol. The second-order valence-electron chi connectivity index (χ2n) is 4.44. The predicted molar refractivity (Wildman–Crippen MR) is 81.3 cm³/mol. The Bertz CT molecular complexity index is 570. The van der Waals surface area contributed by atoms with E-state index in [1.54, 1.807) is 7.11 Å². The number of rotatable bonds is 5. The number of nitrogens with zero attached hydrogens (tertiary/aromatic N) is 1. The summed E-state index contributed by atoms with van der Waals surface area (Å²) >= 11 is 0. The molecule has 0 fully saturated rings. The molecule has 0 heterocycles. The van der Waals surface area contributed by atoms with Crippen LogP contribution in [-0.2, 0) is 4.79 Å². The molecule has 2 aromatic carbocycles. The van der Waals surface area contributed by atoms with E-state index in [9.17, 15) is 4.79 Å². The predicted octanol–water partition coefficient (Wildman–Crippen LogP) is 2.77. The topological polar surface area (TPSA) is 41.6 Å². The van der Waals surface area contributed by atoms with Gasteiger partial charge in [0.1, 0.15) is 5.75 Å². The molecule has 104 valence electrons. The second kappa shape index (κ2) is 6.61. The van der Waals surface area contributed by atoms with Crippen molar-refractivity contribution in [2.75, 3.05) is 30.9 Å². The minimum Gasteiger partial charge on any atom is -0.495 e. The molecule has 0 spiro atoms. The van der Waals surface area contributed by atoms with Gasteiger partial charge in [-0.1, -0.05) is 30.3 Å². The zero-order valence-electron chi connectivity index (χ0n) is 11.7. The molecule has 4 heteroatoms. The normalized spacial score (nSPS) is 9.90. The first-order valence-electron chi connectivity index (χ1n) is 6.40. The molecular formula is C16H18N2O2. The van der Waals surface area contributed by atoms with Gasteiger partial charge < -0.3 is 15.0 Å². The molecule has 0 aliphatic rings. The Morgan fingerprint density at radius 1 is 1.10 bits per heavy atom. The summed E-state index contributed by atoms with van der Waals surface area (Å²) in [5.41, 5.74) is 1.68. The van der Waals surface area contributed by atoms with Crippen molar-refractivity contribution in [3.05, 3.63) is 54.6 Å². The fourth-order valence-corrected chi connectivity index (χ4v) is 1.93. The number of hydrogen-bond donors (Lipinski definition) is 1. The van der Waals surface area contributed by atoms with Crippen LogP contribution < -0.4 is 15.0 Å². The van der Waals surface area contributed by atoms with Crippen molar-refractivity contribution in [3.63, 3.8) is 0 Å². The lowest BCUT2D eigenvalue weighted by Crippen LogP contribution is -2.30. The van der Waals surface area contributed by atoms with Crippen LogP contribution in [0.4, 0.5) is 11.4 Å². The minimum atomic E-state index is -0.0825. The average Bonchev–Trinajstić information content (AvgIpc) is 2.48. The summed E-state index contributed by atoms with van der Waals surface area (Å²) in [7, 11) is 3.47. The summed E-state index contributed by atoms with van der Waals surface area (Å²) in [5.74, 6) is 0.573. The number of ether oxygens (including phenoxy) is 1.